The average molecular weight is 252 g/mol. The maximum Gasteiger partial charge on any atom is 0.272 e. The maximum atomic E-state index is 12.0. The number of fused-ring (bicyclic) bond motifs is 1. The lowest BCUT2D eigenvalue weighted by atomic mass is 10.2. The van der Waals surface area contributed by atoms with Crippen LogP contribution in [0.1, 0.15) is 17.4 Å². The number of aromatic nitrogens is 2. The molecule has 1 unspecified atom stereocenters. The molecule has 0 aliphatic rings. The number of carbonyl (C=O) groups is 1. The molecule has 2 aromatic rings. The van der Waals surface area contributed by atoms with E-state index < -0.39 is 0 Å². The number of alkyl halides is 1. The highest BCUT2D eigenvalue weighted by molar-refractivity contribution is 6.18. The van der Waals surface area contributed by atoms with Crippen molar-refractivity contribution in [3.05, 3.63) is 30.0 Å². The standard InChI is InChI=1S/C12H14ClN3O/c1-8(7-13)14-12(17)11-9-5-3-4-6-10(9)16(2)15-11/h3-6,8H,7H2,1-2H3,(H,14,17). The van der Waals surface area contributed by atoms with Crippen molar-refractivity contribution in [2.24, 2.45) is 7.05 Å². The molecular weight excluding hydrogens is 238 g/mol. The highest BCUT2D eigenvalue weighted by Gasteiger charge is 2.16. The first-order valence-corrected chi connectivity index (χ1v) is 5.95. The number of rotatable bonds is 3. The third-order valence-electron chi connectivity index (χ3n) is 2.58. The van der Waals surface area contributed by atoms with Gasteiger partial charge in [0.05, 0.1) is 5.52 Å². The minimum absolute atomic E-state index is 0.0649. The van der Waals surface area contributed by atoms with Crippen molar-refractivity contribution in [1.82, 2.24) is 15.1 Å². The lowest BCUT2D eigenvalue weighted by Gasteiger charge is -2.08. The Morgan fingerprint density at radius 3 is 2.94 bits per heavy atom. The minimum atomic E-state index is -0.185. The van der Waals surface area contributed by atoms with Crippen molar-refractivity contribution < 1.29 is 4.79 Å². The second kappa shape index (κ2) is 4.75. The Morgan fingerprint density at radius 2 is 2.24 bits per heavy atom. The number of benzene rings is 1. The number of amides is 1. The van der Waals surface area contributed by atoms with Gasteiger partial charge in [0.15, 0.2) is 5.69 Å². The third kappa shape index (κ3) is 2.26. The second-order valence-corrected chi connectivity index (χ2v) is 4.33. The molecule has 90 valence electrons. The Morgan fingerprint density at radius 1 is 1.53 bits per heavy atom. The van der Waals surface area contributed by atoms with Gasteiger partial charge in [0.2, 0.25) is 0 Å². The van der Waals surface area contributed by atoms with E-state index in [4.69, 9.17) is 11.6 Å². The molecule has 1 heterocycles. The smallest absolute Gasteiger partial charge is 0.272 e. The van der Waals surface area contributed by atoms with E-state index in [9.17, 15) is 4.79 Å². The van der Waals surface area contributed by atoms with E-state index in [2.05, 4.69) is 10.4 Å². The van der Waals surface area contributed by atoms with E-state index in [1.165, 1.54) is 0 Å². The molecule has 0 fully saturated rings. The highest BCUT2D eigenvalue weighted by Crippen LogP contribution is 2.17. The zero-order valence-electron chi connectivity index (χ0n) is 9.77. The molecule has 1 atom stereocenters. The van der Waals surface area contributed by atoms with E-state index in [0.717, 1.165) is 10.9 Å². The van der Waals surface area contributed by atoms with Crippen molar-refractivity contribution in [2.45, 2.75) is 13.0 Å². The molecule has 0 spiro atoms. The molecule has 5 heteroatoms. The molecule has 0 radical (unpaired) electrons. The van der Waals surface area contributed by atoms with Gasteiger partial charge in [-0.05, 0) is 13.0 Å². The molecule has 2 rings (SSSR count). The van der Waals surface area contributed by atoms with Gasteiger partial charge < -0.3 is 5.32 Å². The van der Waals surface area contributed by atoms with Crippen molar-refractivity contribution >= 4 is 28.4 Å². The van der Waals surface area contributed by atoms with Crippen LogP contribution < -0.4 is 5.32 Å². The molecule has 0 aliphatic heterocycles. The van der Waals surface area contributed by atoms with Crippen LogP contribution in [0.25, 0.3) is 10.9 Å². The topological polar surface area (TPSA) is 46.9 Å². The molecule has 4 nitrogen and oxygen atoms in total. The Labute approximate surface area is 105 Å². The first-order valence-electron chi connectivity index (χ1n) is 5.42. The van der Waals surface area contributed by atoms with Crippen LogP contribution >= 0.6 is 11.6 Å². The molecule has 0 saturated carbocycles. The summed E-state index contributed by atoms with van der Waals surface area (Å²) in [5, 5.41) is 7.90. The van der Waals surface area contributed by atoms with Gasteiger partial charge in [-0.2, -0.15) is 5.10 Å². The van der Waals surface area contributed by atoms with E-state index in [-0.39, 0.29) is 11.9 Å². The van der Waals surface area contributed by atoms with Gasteiger partial charge in [0.25, 0.3) is 5.91 Å². The Balaban J connectivity index is 2.39. The van der Waals surface area contributed by atoms with Crippen LogP contribution in [0, 0.1) is 0 Å². The monoisotopic (exact) mass is 251 g/mol. The summed E-state index contributed by atoms with van der Waals surface area (Å²) in [6, 6.07) is 7.58. The summed E-state index contributed by atoms with van der Waals surface area (Å²) < 4.78 is 1.70. The van der Waals surface area contributed by atoms with Crippen molar-refractivity contribution in [3.63, 3.8) is 0 Å². The number of halogens is 1. The van der Waals surface area contributed by atoms with E-state index in [1.54, 1.807) is 4.68 Å². The van der Waals surface area contributed by atoms with Crippen LogP contribution in [-0.4, -0.2) is 27.6 Å². The van der Waals surface area contributed by atoms with Gasteiger partial charge in [0.1, 0.15) is 0 Å². The van der Waals surface area contributed by atoms with Crippen molar-refractivity contribution in [3.8, 4) is 0 Å². The van der Waals surface area contributed by atoms with Gasteiger partial charge in [0, 0.05) is 24.4 Å². The predicted octanol–water partition coefficient (Wildman–Crippen LogP) is 1.93. The molecule has 1 aromatic carbocycles. The quantitative estimate of drug-likeness (QED) is 0.848. The SMILES string of the molecule is CC(CCl)NC(=O)c1nn(C)c2ccccc12. The van der Waals surface area contributed by atoms with E-state index in [0.29, 0.717) is 11.6 Å². The average Bonchev–Trinajstić information content (AvgIpc) is 2.67. The molecule has 0 bridgehead atoms. The molecule has 0 aliphatic carbocycles. The summed E-state index contributed by atoms with van der Waals surface area (Å²) in [5.41, 5.74) is 1.39. The van der Waals surface area contributed by atoms with Crippen LogP contribution in [0.4, 0.5) is 0 Å². The van der Waals surface area contributed by atoms with Crippen LogP contribution in [0.5, 0.6) is 0 Å². The summed E-state index contributed by atoms with van der Waals surface area (Å²) in [5.74, 6) is 0.200. The van der Waals surface area contributed by atoms with Gasteiger partial charge in [-0.25, -0.2) is 0 Å². The van der Waals surface area contributed by atoms with Crippen molar-refractivity contribution in [1.29, 1.82) is 0 Å². The molecule has 17 heavy (non-hydrogen) atoms. The lowest BCUT2D eigenvalue weighted by molar-refractivity contribution is 0.0939. The summed E-state index contributed by atoms with van der Waals surface area (Å²) in [4.78, 5) is 12.0. The zero-order chi connectivity index (χ0) is 12.4. The molecular formula is C12H14ClN3O. The number of para-hydroxylation sites is 1. The Bertz CT molecular complexity index is 550. The van der Waals surface area contributed by atoms with Crippen LogP contribution in [0.2, 0.25) is 0 Å². The Hall–Kier alpha value is -1.55. The number of hydrogen-bond donors (Lipinski definition) is 1. The molecule has 1 amide bonds. The molecule has 1 aromatic heterocycles. The van der Waals surface area contributed by atoms with Crippen molar-refractivity contribution in [2.75, 3.05) is 5.88 Å². The van der Waals surface area contributed by atoms with Gasteiger partial charge in [-0.3, -0.25) is 9.48 Å². The van der Waals surface area contributed by atoms with Crippen LogP contribution in [0.15, 0.2) is 24.3 Å². The van der Waals surface area contributed by atoms with E-state index in [1.807, 2.05) is 38.2 Å². The second-order valence-electron chi connectivity index (χ2n) is 4.02. The highest BCUT2D eigenvalue weighted by atomic mass is 35.5. The normalized spacial score (nSPS) is 12.6. The fourth-order valence-corrected chi connectivity index (χ4v) is 1.79. The number of carbonyl (C=O) groups excluding carboxylic acids is 1. The number of hydrogen-bond acceptors (Lipinski definition) is 2. The summed E-state index contributed by atoms with van der Waals surface area (Å²) in [7, 11) is 1.82. The van der Waals surface area contributed by atoms with E-state index >= 15 is 0 Å². The summed E-state index contributed by atoms with van der Waals surface area (Å²) in [6.45, 7) is 1.86. The first-order chi connectivity index (χ1) is 8.13. The van der Waals surface area contributed by atoms with Gasteiger partial charge in [-0.1, -0.05) is 18.2 Å². The fourth-order valence-electron chi connectivity index (χ4n) is 1.71. The maximum absolute atomic E-state index is 12.0. The fraction of sp³-hybridized carbons (Fsp3) is 0.333. The summed E-state index contributed by atoms with van der Waals surface area (Å²) >= 11 is 5.67. The lowest BCUT2D eigenvalue weighted by Crippen LogP contribution is -2.34. The number of nitrogens with zero attached hydrogens (tertiary/aromatic N) is 2. The van der Waals surface area contributed by atoms with Gasteiger partial charge in [-0.15, -0.1) is 11.6 Å². The third-order valence-corrected chi connectivity index (χ3v) is 3.04. The zero-order valence-corrected chi connectivity index (χ0v) is 10.5. The first kappa shape index (κ1) is 11.9. The molecule has 0 saturated heterocycles. The molecule has 1 N–H and O–H groups in total. The van der Waals surface area contributed by atoms with Crippen LogP contribution in [0.3, 0.4) is 0 Å². The summed E-state index contributed by atoms with van der Waals surface area (Å²) in [6.07, 6.45) is 0. The Kier molecular flexibility index (Phi) is 3.33. The number of aryl methyl sites for hydroxylation is 1. The largest absolute Gasteiger partial charge is 0.347 e. The van der Waals surface area contributed by atoms with Gasteiger partial charge >= 0.3 is 0 Å². The predicted molar refractivity (Wildman–Crippen MR) is 68.4 cm³/mol. The van der Waals surface area contributed by atoms with Crippen LogP contribution in [-0.2, 0) is 7.05 Å². The number of nitrogens with one attached hydrogen (secondary N) is 1. The minimum Gasteiger partial charge on any atom is -0.347 e.